The molecule has 0 aromatic rings. The Balaban J connectivity index is 1.30. The molecule has 1 N–H and O–H groups in total. The highest BCUT2D eigenvalue weighted by Crippen LogP contribution is 2.55. The number of hydrogen-bond donors (Lipinski definition) is 1. The van der Waals surface area contributed by atoms with Gasteiger partial charge >= 0.3 is 0 Å². The van der Waals surface area contributed by atoms with Crippen LogP contribution in [0, 0.1) is 17.8 Å². The molecule has 2 heteroatoms. The van der Waals surface area contributed by atoms with Crippen LogP contribution in [0.4, 0.5) is 0 Å². The molecule has 4 saturated carbocycles. The molecule has 108 valence electrons. The van der Waals surface area contributed by atoms with Crippen molar-refractivity contribution in [2.24, 2.45) is 17.8 Å². The summed E-state index contributed by atoms with van der Waals surface area (Å²) in [6, 6.07) is 0. The molecular formula is C17H30N2. The minimum Gasteiger partial charge on any atom is -0.310 e. The fourth-order valence-corrected chi connectivity index (χ4v) is 5.99. The first kappa shape index (κ1) is 12.6. The molecule has 5 aliphatic rings. The number of nitrogens with zero attached hydrogens (tertiary/aromatic N) is 1. The van der Waals surface area contributed by atoms with Crippen LogP contribution in [0.1, 0.15) is 57.8 Å². The Morgan fingerprint density at radius 1 is 0.842 bits per heavy atom. The Kier molecular flexibility index (Phi) is 3.35. The third kappa shape index (κ3) is 2.58. The zero-order valence-electron chi connectivity index (χ0n) is 12.4. The first-order valence-electron chi connectivity index (χ1n) is 8.79. The van der Waals surface area contributed by atoms with Crippen LogP contribution in [0.15, 0.2) is 0 Å². The average molecular weight is 262 g/mol. The topological polar surface area (TPSA) is 15.3 Å². The van der Waals surface area contributed by atoms with Gasteiger partial charge in [0.1, 0.15) is 0 Å². The van der Waals surface area contributed by atoms with Gasteiger partial charge in [-0.3, -0.25) is 0 Å². The van der Waals surface area contributed by atoms with Gasteiger partial charge in [0.2, 0.25) is 0 Å². The van der Waals surface area contributed by atoms with E-state index in [2.05, 4.69) is 10.2 Å². The molecule has 0 atom stereocenters. The maximum absolute atomic E-state index is 4.03. The van der Waals surface area contributed by atoms with Crippen molar-refractivity contribution in [1.82, 2.24) is 10.2 Å². The summed E-state index contributed by atoms with van der Waals surface area (Å²) < 4.78 is 0. The lowest BCUT2D eigenvalue weighted by Gasteiger charge is -2.57. The lowest BCUT2D eigenvalue weighted by atomic mass is 9.53. The summed E-state index contributed by atoms with van der Waals surface area (Å²) >= 11 is 0. The summed E-state index contributed by atoms with van der Waals surface area (Å²) in [5.41, 5.74) is 0.574. The van der Waals surface area contributed by atoms with Crippen molar-refractivity contribution in [1.29, 1.82) is 0 Å². The highest BCUT2D eigenvalue weighted by molar-refractivity contribution is 5.06. The number of piperidine rings is 1. The van der Waals surface area contributed by atoms with Crippen LogP contribution < -0.4 is 5.32 Å². The maximum Gasteiger partial charge on any atom is 0.0190 e. The molecule has 0 aromatic heterocycles. The molecule has 5 rings (SSSR count). The van der Waals surface area contributed by atoms with Crippen LogP contribution in [-0.2, 0) is 0 Å². The minimum atomic E-state index is 0.574. The Bertz CT molecular complexity index is 284. The van der Waals surface area contributed by atoms with E-state index in [1.807, 2.05) is 0 Å². The smallest absolute Gasteiger partial charge is 0.0190 e. The van der Waals surface area contributed by atoms with Gasteiger partial charge in [0.25, 0.3) is 0 Å². The van der Waals surface area contributed by atoms with Crippen molar-refractivity contribution in [2.45, 2.75) is 63.3 Å². The second kappa shape index (κ2) is 5.04. The van der Waals surface area contributed by atoms with E-state index in [1.54, 1.807) is 19.3 Å². The van der Waals surface area contributed by atoms with Crippen molar-refractivity contribution in [2.75, 3.05) is 26.2 Å². The van der Waals surface area contributed by atoms with E-state index in [-0.39, 0.29) is 0 Å². The number of likely N-dealkylation sites (tertiary alicyclic amines) is 1. The Labute approximate surface area is 118 Å². The summed E-state index contributed by atoms with van der Waals surface area (Å²) in [6.07, 6.45) is 13.5. The van der Waals surface area contributed by atoms with E-state index in [0.29, 0.717) is 5.54 Å². The molecule has 1 saturated heterocycles. The highest BCUT2D eigenvalue weighted by atomic mass is 15.1. The third-order valence-electron chi connectivity index (χ3n) is 6.41. The van der Waals surface area contributed by atoms with Crippen molar-refractivity contribution in [3.8, 4) is 0 Å². The van der Waals surface area contributed by atoms with E-state index in [0.717, 1.165) is 17.8 Å². The number of rotatable bonds is 4. The van der Waals surface area contributed by atoms with Gasteiger partial charge in [0.15, 0.2) is 0 Å². The maximum atomic E-state index is 4.03. The molecule has 1 heterocycles. The predicted octanol–water partition coefficient (Wildman–Crippen LogP) is 3.03. The normalized spacial score (nSPS) is 45.8. The first-order chi connectivity index (χ1) is 9.31. The van der Waals surface area contributed by atoms with E-state index in [1.165, 1.54) is 64.7 Å². The van der Waals surface area contributed by atoms with Crippen LogP contribution in [0.5, 0.6) is 0 Å². The van der Waals surface area contributed by atoms with E-state index in [9.17, 15) is 0 Å². The van der Waals surface area contributed by atoms with Crippen molar-refractivity contribution in [3.05, 3.63) is 0 Å². The van der Waals surface area contributed by atoms with Crippen molar-refractivity contribution < 1.29 is 0 Å². The highest BCUT2D eigenvalue weighted by Gasteiger charge is 2.50. The molecule has 0 spiro atoms. The van der Waals surface area contributed by atoms with Crippen LogP contribution >= 0.6 is 0 Å². The van der Waals surface area contributed by atoms with Crippen LogP contribution in [0.25, 0.3) is 0 Å². The molecule has 0 amide bonds. The van der Waals surface area contributed by atoms with Gasteiger partial charge in [0.05, 0.1) is 0 Å². The van der Waals surface area contributed by atoms with Crippen LogP contribution in [-0.4, -0.2) is 36.6 Å². The lowest BCUT2D eigenvalue weighted by molar-refractivity contribution is -0.0205. The summed E-state index contributed by atoms with van der Waals surface area (Å²) in [5, 5.41) is 4.03. The molecule has 0 aromatic carbocycles. The zero-order chi connectivity index (χ0) is 12.7. The molecule has 0 unspecified atom stereocenters. The van der Waals surface area contributed by atoms with Gasteiger partial charge < -0.3 is 10.2 Å². The third-order valence-corrected chi connectivity index (χ3v) is 6.41. The average Bonchev–Trinajstić information content (AvgIpc) is 2.38. The Morgan fingerprint density at radius 2 is 1.42 bits per heavy atom. The second-order valence-corrected chi connectivity index (χ2v) is 8.03. The van der Waals surface area contributed by atoms with E-state index in [4.69, 9.17) is 0 Å². The molecule has 2 nitrogen and oxygen atoms in total. The van der Waals surface area contributed by atoms with Gasteiger partial charge in [-0.1, -0.05) is 6.42 Å². The lowest BCUT2D eigenvalue weighted by Crippen LogP contribution is -2.59. The van der Waals surface area contributed by atoms with Gasteiger partial charge in [-0.15, -0.1) is 0 Å². The van der Waals surface area contributed by atoms with Gasteiger partial charge in [-0.2, -0.15) is 0 Å². The monoisotopic (exact) mass is 262 g/mol. The standard InChI is InChI=1S/C17H30N2/c1-2-5-19(6-3-1)7-4-18-17-11-14-8-15(12-17)10-16(9-14)13-17/h14-16,18H,1-13H2. The summed E-state index contributed by atoms with van der Waals surface area (Å²) in [7, 11) is 0. The largest absolute Gasteiger partial charge is 0.310 e. The number of nitrogens with one attached hydrogen (secondary N) is 1. The molecular weight excluding hydrogens is 232 g/mol. The van der Waals surface area contributed by atoms with Crippen molar-refractivity contribution >= 4 is 0 Å². The fourth-order valence-electron chi connectivity index (χ4n) is 5.99. The van der Waals surface area contributed by atoms with Crippen LogP contribution in [0.2, 0.25) is 0 Å². The zero-order valence-corrected chi connectivity index (χ0v) is 12.4. The molecule has 4 aliphatic carbocycles. The molecule has 19 heavy (non-hydrogen) atoms. The first-order valence-corrected chi connectivity index (χ1v) is 8.79. The summed E-state index contributed by atoms with van der Waals surface area (Å²) in [4.78, 5) is 2.68. The summed E-state index contributed by atoms with van der Waals surface area (Å²) in [6.45, 7) is 5.24. The van der Waals surface area contributed by atoms with Gasteiger partial charge in [-0.25, -0.2) is 0 Å². The second-order valence-electron chi connectivity index (χ2n) is 8.03. The molecule has 4 bridgehead atoms. The predicted molar refractivity (Wildman–Crippen MR) is 79.2 cm³/mol. The van der Waals surface area contributed by atoms with E-state index < -0.39 is 0 Å². The molecule has 0 radical (unpaired) electrons. The number of hydrogen-bond acceptors (Lipinski definition) is 2. The minimum absolute atomic E-state index is 0.574. The Morgan fingerprint density at radius 3 is 2.00 bits per heavy atom. The molecule has 5 fully saturated rings. The van der Waals surface area contributed by atoms with Crippen LogP contribution in [0.3, 0.4) is 0 Å². The van der Waals surface area contributed by atoms with Gasteiger partial charge in [-0.05, 0) is 82.2 Å². The fraction of sp³-hybridized carbons (Fsp3) is 1.00. The molecule has 1 aliphatic heterocycles. The van der Waals surface area contributed by atoms with Crippen molar-refractivity contribution in [3.63, 3.8) is 0 Å². The SMILES string of the molecule is C1CCN(CCNC23CC4CC(CC(C4)C2)C3)CC1. The Hall–Kier alpha value is -0.0800. The quantitative estimate of drug-likeness (QED) is 0.838. The summed E-state index contributed by atoms with van der Waals surface area (Å²) in [5.74, 6) is 3.23. The van der Waals surface area contributed by atoms with E-state index >= 15 is 0 Å². The van der Waals surface area contributed by atoms with Gasteiger partial charge in [0, 0.05) is 18.6 Å².